The Hall–Kier alpha value is -2.82. The molecular formula is C16H15NO4. The summed E-state index contributed by atoms with van der Waals surface area (Å²) < 4.78 is 9.78. The Kier molecular flexibility index (Phi) is 4.56. The molecule has 0 saturated carbocycles. The quantitative estimate of drug-likeness (QED) is 0.877. The number of carbonyl (C=O) groups excluding carboxylic acids is 2. The number of carbonyl (C=O) groups is 2. The van der Waals surface area contributed by atoms with E-state index < -0.39 is 5.97 Å². The van der Waals surface area contributed by atoms with Crippen LogP contribution in [0.4, 0.5) is 5.69 Å². The number of esters is 1. The second kappa shape index (κ2) is 6.56. The minimum Gasteiger partial charge on any atom is -0.495 e. The number of anilines is 1. The lowest BCUT2D eigenvalue weighted by Gasteiger charge is -2.10. The number of rotatable bonds is 4. The highest BCUT2D eigenvalue weighted by atomic mass is 16.5. The normalized spacial score (nSPS) is 9.81. The van der Waals surface area contributed by atoms with Gasteiger partial charge in [-0.2, -0.15) is 0 Å². The summed E-state index contributed by atoms with van der Waals surface area (Å²) in [7, 11) is 2.85. The van der Waals surface area contributed by atoms with Crippen molar-refractivity contribution in [1.82, 2.24) is 0 Å². The molecule has 0 heterocycles. The monoisotopic (exact) mass is 285 g/mol. The highest BCUT2D eigenvalue weighted by Crippen LogP contribution is 2.23. The molecule has 0 aromatic heterocycles. The molecule has 0 bridgehead atoms. The summed E-state index contributed by atoms with van der Waals surface area (Å²) in [5.74, 6) is -0.139. The molecule has 2 aromatic carbocycles. The Morgan fingerprint density at radius 1 is 0.905 bits per heavy atom. The number of amides is 1. The van der Waals surface area contributed by atoms with Crippen LogP contribution < -0.4 is 10.1 Å². The van der Waals surface area contributed by atoms with E-state index in [1.165, 1.54) is 14.2 Å². The van der Waals surface area contributed by atoms with Gasteiger partial charge in [0.1, 0.15) is 5.75 Å². The van der Waals surface area contributed by atoms with E-state index in [0.29, 0.717) is 22.6 Å². The van der Waals surface area contributed by atoms with Crippen molar-refractivity contribution in [1.29, 1.82) is 0 Å². The molecule has 0 aliphatic rings. The average Bonchev–Trinajstić information content (AvgIpc) is 2.54. The van der Waals surface area contributed by atoms with Gasteiger partial charge in [-0.25, -0.2) is 4.79 Å². The second-order valence-corrected chi connectivity index (χ2v) is 4.22. The molecule has 0 saturated heterocycles. The number of hydrogen-bond donors (Lipinski definition) is 1. The molecule has 2 aromatic rings. The third-order valence-electron chi connectivity index (χ3n) is 2.92. The maximum Gasteiger partial charge on any atom is 0.337 e. The van der Waals surface area contributed by atoms with Gasteiger partial charge in [-0.3, -0.25) is 4.79 Å². The van der Waals surface area contributed by atoms with Crippen LogP contribution in [-0.2, 0) is 4.74 Å². The number of methoxy groups -OCH3 is 2. The van der Waals surface area contributed by atoms with Crippen molar-refractivity contribution in [2.45, 2.75) is 0 Å². The number of para-hydroxylation sites is 2. The van der Waals surface area contributed by atoms with Gasteiger partial charge in [0.2, 0.25) is 0 Å². The molecule has 1 N–H and O–H groups in total. The number of hydrogen-bond acceptors (Lipinski definition) is 4. The summed E-state index contributed by atoms with van der Waals surface area (Å²) in [6, 6.07) is 13.4. The van der Waals surface area contributed by atoms with Gasteiger partial charge in [-0.15, -0.1) is 0 Å². The van der Waals surface area contributed by atoms with Gasteiger partial charge in [0.05, 0.1) is 25.5 Å². The van der Waals surface area contributed by atoms with Crippen LogP contribution in [0.2, 0.25) is 0 Å². The zero-order chi connectivity index (χ0) is 15.2. The highest BCUT2D eigenvalue weighted by molar-refractivity contribution is 6.05. The standard InChI is InChI=1S/C16H15NO4/c1-20-14-6-4-3-5-13(14)17-15(18)11-7-9-12(10-8-11)16(19)21-2/h3-10H,1-2H3,(H,17,18). The van der Waals surface area contributed by atoms with E-state index in [1.54, 1.807) is 42.5 Å². The summed E-state index contributed by atoms with van der Waals surface area (Å²) in [5.41, 5.74) is 1.42. The van der Waals surface area contributed by atoms with Crippen LogP contribution in [0.15, 0.2) is 48.5 Å². The van der Waals surface area contributed by atoms with Gasteiger partial charge in [-0.05, 0) is 36.4 Å². The van der Waals surface area contributed by atoms with E-state index in [-0.39, 0.29) is 5.91 Å². The fourth-order valence-electron chi connectivity index (χ4n) is 1.82. The van der Waals surface area contributed by atoms with Crippen molar-refractivity contribution in [2.75, 3.05) is 19.5 Å². The molecule has 5 nitrogen and oxygen atoms in total. The van der Waals surface area contributed by atoms with E-state index in [9.17, 15) is 9.59 Å². The molecule has 0 unspecified atom stereocenters. The van der Waals surface area contributed by atoms with E-state index in [4.69, 9.17) is 4.74 Å². The summed E-state index contributed by atoms with van der Waals surface area (Å²) in [6.45, 7) is 0. The van der Waals surface area contributed by atoms with Gasteiger partial charge in [0.15, 0.2) is 0 Å². The van der Waals surface area contributed by atoms with Crippen LogP contribution >= 0.6 is 0 Å². The molecule has 0 atom stereocenters. The Morgan fingerprint density at radius 2 is 1.52 bits per heavy atom. The molecule has 0 aliphatic heterocycles. The number of ether oxygens (including phenoxy) is 2. The van der Waals surface area contributed by atoms with Crippen molar-refractivity contribution in [3.8, 4) is 5.75 Å². The largest absolute Gasteiger partial charge is 0.495 e. The average molecular weight is 285 g/mol. The first kappa shape index (κ1) is 14.6. The van der Waals surface area contributed by atoms with E-state index in [2.05, 4.69) is 10.1 Å². The fraction of sp³-hybridized carbons (Fsp3) is 0.125. The number of nitrogens with one attached hydrogen (secondary N) is 1. The van der Waals surface area contributed by atoms with Crippen LogP contribution in [0.1, 0.15) is 20.7 Å². The maximum atomic E-state index is 12.2. The minimum atomic E-state index is -0.438. The molecule has 2 rings (SSSR count). The Balaban J connectivity index is 2.15. The second-order valence-electron chi connectivity index (χ2n) is 4.22. The van der Waals surface area contributed by atoms with Crippen molar-refractivity contribution in [2.24, 2.45) is 0 Å². The van der Waals surface area contributed by atoms with Crippen LogP contribution in [0.5, 0.6) is 5.75 Å². The van der Waals surface area contributed by atoms with Crippen LogP contribution in [-0.4, -0.2) is 26.1 Å². The third kappa shape index (κ3) is 3.39. The fourth-order valence-corrected chi connectivity index (χ4v) is 1.82. The predicted molar refractivity (Wildman–Crippen MR) is 78.7 cm³/mol. The molecule has 108 valence electrons. The lowest BCUT2D eigenvalue weighted by atomic mass is 10.1. The smallest absolute Gasteiger partial charge is 0.337 e. The maximum absolute atomic E-state index is 12.2. The van der Waals surface area contributed by atoms with Crippen LogP contribution in [0, 0.1) is 0 Å². The minimum absolute atomic E-state index is 0.282. The molecule has 21 heavy (non-hydrogen) atoms. The third-order valence-corrected chi connectivity index (χ3v) is 2.92. The van der Waals surface area contributed by atoms with E-state index >= 15 is 0 Å². The molecule has 0 spiro atoms. The van der Waals surface area contributed by atoms with Crippen molar-refractivity contribution < 1.29 is 19.1 Å². The van der Waals surface area contributed by atoms with Crippen molar-refractivity contribution in [3.63, 3.8) is 0 Å². The lowest BCUT2D eigenvalue weighted by molar-refractivity contribution is 0.0600. The van der Waals surface area contributed by atoms with Gasteiger partial charge in [0.25, 0.3) is 5.91 Å². The first-order valence-electron chi connectivity index (χ1n) is 6.28. The van der Waals surface area contributed by atoms with E-state index in [0.717, 1.165) is 0 Å². The zero-order valence-corrected chi connectivity index (χ0v) is 11.8. The Bertz CT molecular complexity index is 650. The SMILES string of the molecule is COC(=O)c1ccc(C(=O)Nc2ccccc2OC)cc1. The summed E-state index contributed by atoms with van der Waals surface area (Å²) in [5, 5.41) is 2.76. The van der Waals surface area contributed by atoms with Crippen LogP contribution in [0.3, 0.4) is 0 Å². The molecule has 0 radical (unpaired) electrons. The van der Waals surface area contributed by atoms with Crippen LogP contribution in [0.25, 0.3) is 0 Å². The Labute approximate surface area is 122 Å². The summed E-state index contributed by atoms with van der Waals surface area (Å²) in [6.07, 6.45) is 0. The van der Waals surface area contributed by atoms with E-state index in [1.807, 2.05) is 6.07 Å². The van der Waals surface area contributed by atoms with Gasteiger partial charge >= 0.3 is 5.97 Å². The summed E-state index contributed by atoms with van der Waals surface area (Å²) >= 11 is 0. The van der Waals surface area contributed by atoms with Gasteiger partial charge in [0, 0.05) is 5.56 Å². The molecule has 5 heteroatoms. The topological polar surface area (TPSA) is 64.6 Å². The molecule has 0 aliphatic carbocycles. The van der Waals surface area contributed by atoms with Gasteiger partial charge in [-0.1, -0.05) is 12.1 Å². The number of benzene rings is 2. The lowest BCUT2D eigenvalue weighted by Crippen LogP contribution is -2.13. The zero-order valence-electron chi connectivity index (χ0n) is 11.8. The molecule has 1 amide bonds. The molecule has 0 fully saturated rings. The van der Waals surface area contributed by atoms with Gasteiger partial charge < -0.3 is 14.8 Å². The predicted octanol–water partition coefficient (Wildman–Crippen LogP) is 2.73. The van der Waals surface area contributed by atoms with Crippen molar-refractivity contribution >= 4 is 17.6 Å². The highest BCUT2D eigenvalue weighted by Gasteiger charge is 2.11. The first-order valence-corrected chi connectivity index (χ1v) is 6.28. The summed E-state index contributed by atoms with van der Waals surface area (Å²) in [4.78, 5) is 23.5. The Morgan fingerprint density at radius 3 is 2.14 bits per heavy atom. The molecular weight excluding hydrogens is 270 g/mol. The van der Waals surface area contributed by atoms with Crippen molar-refractivity contribution in [3.05, 3.63) is 59.7 Å². The first-order chi connectivity index (χ1) is 10.2.